The smallest absolute Gasteiger partial charge is 0.185 e. The number of hydrogen-bond donors (Lipinski definition) is 1. The van der Waals surface area contributed by atoms with E-state index in [0.717, 1.165) is 47.4 Å². The van der Waals surface area contributed by atoms with Crippen molar-refractivity contribution in [3.63, 3.8) is 0 Å². The standard InChI is InChI=1S/C12H15BrN6S/c1-14-10-9(13)11(17-8-16-10)18-3-5-19(6-4-18)12-15-2-7-20-12/h2,7-8H,3-6H2,1H3,(H,14,16,17). The quantitative estimate of drug-likeness (QED) is 0.910. The molecule has 3 rings (SSSR count). The van der Waals surface area contributed by atoms with Crippen LogP contribution in [-0.4, -0.2) is 48.2 Å². The molecule has 0 unspecified atom stereocenters. The minimum absolute atomic E-state index is 0.817. The molecule has 1 aliphatic rings. The van der Waals surface area contributed by atoms with Crippen LogP contribution >= 0.6 is 27.3 Å². The van der Waals surface area contributed by atoms with E-state index in [2.05, 4.69) is 46.0 Å². The molecule has 0 amide bonds. The van der Waals surface area contributed by atoms with Crippen molar-refractivity contribution in [3.8, 4) is 0 Å². The van der Waals surface area contributed by atoms with E-state index >= 15 is 0 Å². The first-order chi connectivity index (χ1) is 9.79. The number of rotatable bonds is 3. The van der Waals surface area contributed by atoms with Crippen molar-refractivity contribution in [3.05, 3.63) is 22.4 Å². The average Bonchev–Trinajstić information content (AvgIpc) is 3.02. The molecule has 1 saturated heterocycles. The lowest BCUT2D eigenvalue weighted by atomic mass is 10.3. The Hall–Kier alpha value is -1.41. The predicted octanol–water partition coefficient (Wildman–Crippen LogP) is 2.06. The van der Waals surface area contributed by atoms with E-state index in [9.17, 15) is 0 Å². The van der Waals surface area contributed by atoms with Gasteiger partial charge in [0.05, 0.1) is 0 Å². The minimum atomic E-state index is 0.817. The summed E-state index contributed by atoms with van der Waals surface area (Å²) in [5, 5.41) is 6.18. The highest BCUT2D eigenvalue weighted by Crippen LogP contribution is 2.30. The van der Waals surface area contributed by atoms with E-state index in [4.69, 9.17) is 0 Å². The number of nitrogens with one attached hydrogen (secondary N) is 1. The van der Waals surface area contributed by atoms with E-state index < -0.39 is 0 Å². The summed E-state index contributed by atoms with van der Waals surface area (Å²) in [6, 6.07) is 0. The topological polar surface area (TPSA) is 57.2 Å². The van der Waals surface area contributed by atoms with Gasteiger partial charge in [0.1, 0.15) is 22.4 Å². The molecule has 1 N–H and O–H groups in total. The Bertz CT molecular complexity index is 567. The summed E-state index contributed by atoms with van der Waals surface area (Å²) in [7, 11) is 1.86. The molecular weight excluding hydrogens is 340 g/mol. The largest absolute Gasteiger partial charge is 0.372 e. The van der Waals surface area contributed by atoms with Gasteiger partial charge in [-0.1, -0.05) is 0 Å². The Morgan fingerprint density at radius 2 is 1.90 bits per heavy atom. The fourth-order valence-electron chi connectivity index (χ4n) is 2.24. The highest BCUT2D eigenvalue weighted by molar-refractivity contribution is 9.10. The van der Waals surface area contributed by atoms with Crippen LogP contribution in [0, 0.1) is 0 Å². The first kappa shape index (κ1) is 13.6. The molecular formula is C12H15BrN6S. The molecule has 0 saturated carbocycles. The second-order valence-electron chi connectivity index (χ2n) is 4.40. The number of hydrogen-bond acceptors (Lipinski definition) is 7. The van der Waals surface area contributed by atoms with Crippen molar-refractivity contribution in [1.29, 1.82) is 0 Å². The number of thiazole rings is 1. The Balaban J connectivity index is 1.72. The highest BCUT2D eigenvalue weighted by atomic mass is 79.9. The van der Waals surface area contributed by atoms with Crippen LogP contribution in [0.2, 0.25) is 0 Å². The molecule has 0 radical (unpaired) electrons. The van der Waals surface area contributed by atoms with Crippen molar-refractivity contribution in [1.82, 2.24) is 15.0 Å². The molecule has 0 bridgehead atoms. The van der Waals surface area contributed by atoms with E-state index in [1.165, 1.54) is 0 Å². The molecule has 0 atom stereocenters. The first-order valence-corrected chi connectivity index (χ1v) is 8.04. The van der Waals surface area contributed by atoms with Crippen LogP contribution in [0.3, 0.4) is 0 Å². The lowest BCUT2D eigenvalue weighted by Crippen LogP contribution is -2.47. The van der Waals surface area contributed by atoms with Crippen LogP contribution in [0.4, 0.5) is 16.8 Å². The van der Waals surface area contributed by atoms with Crippen molar-refractivity contribution in [2.45, 2.75) is 0 Å². The number of piperazine rings is 1. The number of aromatic nitrogens is 3. The summed E-state index contributed by atoms with van der Waals surface area (Å²) < 4.78 is 0.921. The zero-order valence-corrected chi connectivity index (χ0v) is 13.5. The molecule has 0 aromatic carbocycles. The van der Waals surface area contributed by atoms with Gasteiger partial charge in [0, 0.05) is 44.8 Å². The van der Waals surface area contributed by atoms with Crippen LogP contribution in [-0.2, 0) is 0 Å². The summed E-state index contributed by atoms with van der Waals surface area (Å²) in [6.07, 6.45) is 3.45. The molecule has 0 aliphatic carbocycles. The second-order valence-corrected chi connectivity index (χ2v) is 6.06. The third-order valence-corrected chi connectivity index (χ3v) is 4.84. The van der Waals surface area contributed by atoms with Gasteiger partial charge >= 0.3 is 0 Å². The van der Waals surface area contributed by atoms with Gasteiger partial charge in [0.15, 0.2) is 5.13 Å². The maximum atomic E-state index is 4.39. The molecule has 1 aliphatic heterocycles. The molecule has 1 fully saturated rings. The van der Waals surface area contributed by atoms with Crippen LogP contribution in [0.15, 0.2) is 22.4 Å². The summed E-state index contributed by atoms with van der Waals surface area (Å²) >= 11 is 5.26. The Morgan fingerprint density at radius 1 is 1.15 bits per heavy atom. The van der Waals surface area contributed by atoms with Crippen molar-refractivity contribution < 1.29 is 0 Å². The summed E-state index contributed by atoms with van der Waals surface area (Å²) in [6.45, 7) is 3.77. The Labute approximate surface area is 130 Å². The molecule has 3 heterocycles. The minimum Gasteiger partial charge on any atom is -0.372 e. The van der Waals surface area contributed by atoms with Crippen molar-refractivity contribution in [2.75, 3.05) is 48.3 Å². The highest BCUT2D eigenvalue weighted by Gasteiger charge is 2.22. The van der Waals surface area contributed by atoms with E-state index in [1.807, 2.05) is 18.6 Å². The second kappa shape index (κ2) is 5.92. The summed E-state index contributed by atoms with van der Waals surface area (Å²) in [5.74, 6) is 1.76. The summed E-state index contributed by atoms with van der Waals surface area (Å²) in [4.78, 5) is 17.5. The molecule has 6 nitrogen and oxygen atoms in total. The third kappa shape index (κ3) is 2.57. The monoisotopic (exact) mass is 354 g/mol. The Morgan fingerprint density at radius 3 is 2.55 bits per heavy atom. The number of nitrogens with zero attached hydrogens (tertiary/aromatic N) is 5. The normalized spacial score (nSPS) is 15.5. The van der Waals surface area contributed by atoms with Gasteiger partial charge in [-0.15, -0.1) is 11.3 Å². The van der Waals surface area contributed by atoms with Gasteiger partial charge in [-0.2, -0.15) is 0 Å². The zero-order valence-electron chi connectivity index (χ0n) is 11.1. The molecule has 8 heteroatoms. The average molecular weight is 355 g/mol. The zero-order chi connectivity index (χ0) is 13.9. The fourth-order valence-corrected chi connectivity index (χ4v) is 3.59. The molecule has 0 spiro atoms. The van der Waals surface area contributed by atoms with Gasteiger partial charge in [0.25, 0.3) is 0 Å². The van der Waals surface area contributed by atoms with Gasteiger partial charge < -0.3 is 15.1 Å². The molecule has 106 valence electrons. The molecule has 2 aromatic heterocycles. The number of halogens is 1. The van der Waals surface area contributed by atoms with E-state index in [1.54, 1.807) is 17.7 Å². The Kier molecular flexibility index (Phi) is 4.02. The molecule has 20 heavy (non-hydrogen) atoms. The van der Waals surface area contributed by atoms with Crippen molar-refractivity contribution in [2.24, 2.45) is 0 Å². The van der Waals surface area contributed by atoms with Gasteiger partial charge in [0.2, 0.25) is 0 Å². The van der Waals surface area contributed by atoms with Gasteiger partial charge in [-0.05, 0) is 15.9 Å². The fraction of sp³-hybridized carbons (Fsp3) is 0.417. The van der Waals surface area contributed by atoms with E-state index in [0.29, 0.717) is 0 Å². The lowest BCUT2D eigenvalue weighted by Gasteiger charge is -2.35. The SMILES string of the molecule is CNc1ncnc(N2CCN(c3nccs3)CC2)c1Br. The molecule has 2 aromatic rings. The third-order valence-electron chi connectivity index (χ3n) is 3.28. The first-order valence-electron chi connectivity index (χ1n) is 6.37. The van der Waals surface area contributed by atoms with Gasteiger partial charge in [-0.25, -0.2) is 15.0 Å². The summed E-state index contributed by atoms with van der Waals surface area (Å²) in [5.41, 5.74) is 0. The van der Waals surface area contributed by atoms with Crippen molar-refractivity contribution >= 4 is 44.0 Å². The van der Waals surface area contributed by atoms with E-state index in [-0.39, 0.29) is 0 Å². The van der Waals surface area contributed by atoms with Gasteiger partial charge in [-0.3, -0.25) is 0 Å². The van der Waals surface area contributed by atoms with Crippen LogP contribution in [0.1, 0.15) is 0 Å². The predicted molar refractivity (Wildman–Crippen MR) is 85.8 cm³/mol. The lowest BCUT2D eigenvalue weighted by molar-refractivity contribution is 0.644. The van der Waals surface area contributed by atoms with Crippen LogP contribution < -0.4 is 15.1 Å². The van der Waals surface area contributed by atoms with Crippen LogP contribution in [0.25, 0.3) is 0 Å². The number of anilines is 3. The van der Waals surface area contributed by atoms with Crippen LogP contribution in [0.5, 0.6) is 0 Å². The maximum absolute atomic E-state index is 4.39. The maximum Gasteiger partial charge on any atom is 0.185 e.